The largest absolute Gasteiger partial charge is 0.455 e. The Kier molecular flexibility index (Phi) is 4.93. The number of hydrogen-bond acceptors (Lipinski definition) is 3. The van der Waals surface area contributed by atoms with Crippen LogP contribution in [0.5, 0.6) is 11.5 Å². The highest BCUT2D eigenvalue weighted by Crippen LogP contribution is 2.23. The van der Waals surface area contributed by atoms with Gasteiger partial charge in [-0.15, -0.1) is 0 Å². The lowest BCUT2D eigenvalue weighted by atomic mass is 10.2. The Labute approximate surface area is 114 Å². The second-order valence-electron chi connectivity index (χ2n) is 4.92. The van der Waals surface area contributed by atoms with Gasteiger partial charge in [-0.3, -0.25) is 4.98 Å². The SMILES string of the molecule is CC(C)CNCc1ccncc1Oc1ccccc1. The summed E-state index contributed by atoms with van der Waals surface area (Å²) in [5.74, 6) is 2.28. The van der Waals surface area contributed by atoms with Crippen molar-refractivity contribution >= 4 is 0 Å². The van der Waals surface area contributed by atoms with Gasteiger partial charge in [0.15, 0.2) is 0 Å². The van der Waals surface area contributed by atoms with Gasteiger partial charge in [0, 0.05) is 18.3 Å². The summed E-state index contributed by atoms with van der Waals surface area (Å²) in [5.41, 5.74) is 1.12. The predicted molar refractivity (Wildman–Crippen MR) is 77.3 cm³/mol. The summed E-state index contributed by atoms with van der Waals surface area (Å²) in [4.78, 5) is 4.13. The number of rotatable bonds is 6. The fraction of sp³-hybridized carbons (Fsp3) is 0.312. The van der Waals surface area contributed by atoms with E-state index in [1.807, 2.05) is 36.4 Å². The Morgan fingerprint density at radius 2 is 1.95 bits per heavy atom. The Hall–Kier alpha value is -1.87. The van der Waals surface area contributed by atoms with Crippen molar-refractivity contribution in [3.05, 3.63) is 54.4 Å². The lowest BCUT2D eigenvalue weighted by molar-refractivity contribution is 0.466. The van der Waals surface area contributed by atoms with Crippen molar-refractivity contribution in [1.82, 2.24) is 10.3 Å². The van der Waals surface area contributed by atoms with Crippen LogP contribution in [0.2, 0.25) is 0 Å². The zero-order valence-electron chi connectivity index (χ0n) is 11.5. The highest BCUT2D eigenvalue weighted by Gasteiger charge is 2.05. The van der Waals surface area contributed by atoms with Crippen LogP contribution in [0.25, 0.3) is 0 Å². The molecular weight excluding hydrogens is 236 g/mol. The Balaban J connectivity index is 2.04. The molecule has 100 valence electrons. The fourth-order valence-corrected chi connectivity index (χ4v) is 1.76. The van der Waals surface area contributed by atoms with Crippen molar-refractivity contribution < 1.29 is 4.74 Å². The normalized spacial score (nSPS) is 10.7. The number of benzene rings is 1. The van der Waals surface area contributed by atoms with Gasteiger partial charge < -0.3 is 10.1 Å². The molecule has 1 heterocycles. The van der Waals surface area contributed by atoms with Crippen LogP contribution < -0.4 is 10.1 Å². The van der Waals surface area contributed by atoms with Gasteiger partial charge in [-0.2, -0.15) is 0 Å². The summed E-state index contributed by atoms with van der Waals surface area (Å²) in [6.45, 7) is 6.18. The first-order valence-electron chi connectivity index (χ1n) is 6.62. The maximum absolute atomic E-state index is 5.86. The topological polar surface area (TPSA) is 34.2 Å². The van der Waals surface area contributed by atoms with Crippen LogP contribution in [0.1, 0.15) is 19.4 Å². The lowest BCUT2D eigenvalue weighted by Crippen LogP contribution is -2.19. The monoisotopic (exact) mass is 256 g/mol. The summed E-state index contributed by atoms with van der Waals surface area (Å²) < 4.78 is 5.86. The number of pyridine rings is 1. The van der Waals surface area contributed by atoms with Crippen LogP contribution in [0, 0.1) is 5.92 Å². The van der Waals surface area contributed by atoms with Gasteiger partial charge in [0.2, 0.25) is 0 Å². The average Bonchev–Trinajstić information content (AvgIpc) is 2.41. The summed E-state index contributed by atoms with van der Waals surface area (Å²) >= 11 is 0. The van der Waals surface area contributed by atoms with E-state index in [2.05, 4.69) is 24.1 Å². The Morgan fingerprint density at radius 3 is 2.68 bits per heavy atom. The minimum absolute atomic E-state index is 0.639. The van der Waals surface area contributed by atoms with Gasteiger partial charge in [0.25, 0.3) is 0 Å². The number of para-hydroxylation sites is 1. The number of aromatic nitrogens is 1. The molecule has 3 heteroatoms. The number of hydrogen-bond donors (Lipinski definition) is 1. The van der Waals surface area contributed by atoms with Crippen LogP contribution in [-0.2, 0) is 6.54 Å². The molecule has 1 aromatic heterocycles. The molecule has 3 nitrogen and oxygen atoms in total. The van der Waals surface area contributed by atoms with Crippen LogP contribution in [0.15, 0.2) is 48.8 Å². The minimum Gasteiger partial charge on any atom is -0.455 e. The van der Waals surface area contributed by atoms with Crippen molar-refractivity contribution in [2.75, 3.05) is 6.54 Å². The zero-order chi connectivity index (χ0) is 13.5. The van der Waals surface area contributed by atoms with E-state index in [0.29, 0.717) is 5.92 Å². The van der Waals surface area contributed by atoms with E-state index in [-0.39, 0.29) is 0 Å². The molecule has 0 radical (unpaired) electrons. The van der Waals surface area contributed by atoms with Crippen LogP contribution in [0.3, 0.4) is 0 Å². The van der Waals surface area contributed by atoms with E-state index in [9.17, 15) is 0 Å². The summed E-state index contributed by atoms with van der Waals surface area (Å²) in [6, 6.07) is 11.8. The molecule has 0 bridgehead atoms. The first kappa shape index (κ1) is 13.6. The predicted octanol–water partition coefficient (Wildman–Crippen LogP) is 3.62. The molecule has 0 fully saturated rings. The molecule has 0 atom stereocenters. The third-order valence-electron chi connectivity index (χ3n) is 2.71. The van der Waals surface area contributed by atoms with E-state index in [0.717, 1.165) is 30.2 Å². The summed E-state index contributed by atoms with van der Waals surface area (Å²) in [7, 11) is 0. The molecule has 0 saturated heterocycles. The van der Waals surface area contributed by atoms with Gasteiger partial charge in [-0.25, -0.2) is 0 Å². The van der Waals surface area contributed by atoms with Gasteiger partial charge in [0.05, 0.1) is 6.20 Å². The molecular formula is C16H20N2O. The molecule has 0 unspecified atom stereocenters. The molecule has 2 aromatic rings. The number of ether oxygens (including phenoxy) is 1. The second kappa shape index (κ2) is 6.90. The second-order valence-corrected chi connectivity index (χ2v) is 4.92. The Morgan fingerprint density at radius 1 is 1.16 bits per heavy atom. The zero-order valence-corrected chi connectivity index (χ0v) is 11.5. The van der Waals surface area contributed by atoms with Gasteiger partial charge >= 0.3 is 0 Å². The third-order valence-corrected chi connectivity index (χ3v) is 2.71. The van der Waals surface area contributed by atoms with Crippen molar-refractivity contribution in [3.63, 3.8) is 0 Å². The standard InChI is InChI=1S/C16H20N2O/c1-13(2)10-18-11-14-8-9-17-12-16(14)19-15-6-4-3-5-7-15/h3-9,12-13,18H,10-11H2,1-2H3. The molecule has 0 aliphatic heterocycles. The molecule has 0 saturated carbocycles. The Bertz CT molecular complexity index is 497. The van der Waals surface area contributed by atoms with Crippen LogP contribution in [-0.4, -0.2) is 11.5 Å². The molecule has 2 rings (SSSR count). The summed E-state index contributed by atoms with van der Waals surface area (Å²) in [6.07, 6.45) is 3.56. The smallest absolute Gasteiger partial charge is 0.150 e. The molecule has 0 spiro atoms. The van der Waals surface area contributed by atoms with E-state index in [1.54, 1.807) is 12.4 Å². The van der Waals surface area contributed by atoms with Gasteiger partial charge in [-0.05, 0) is 30.7 Å². The average molecular weight is 256 g/mol. The number of nitrogens with one attached hydrogen (secondary N) is 1. The van der Waals surface area contributed by atoms with Crippen LogP contribution >= 0.6 is 0 Å². The maximum Gasteiger partial charge on any atom is 0.150 e. The van der Waals surface area contributed by atoms with E-state index in [1.165, 1.54) is 0 Å². The molecule has 0 aliphatic carbocycles. The molecule has 0 aliphatic rings. The summed E-state index contributed by atoms with van der Waals surface area (Å²) in [5, 5.41) is 3.42. The first-order chi connectivity index (χ1) is 9.25. The number of nitrogens with zero attached hydrogens (tertiary/aromatic N) is 1. The third kappa shape index (κ3) is 4.38. The van der Waals surface area contributed by atoms with Crippen molar-refractivity contribution in [2.45, 2.75) is 20.4 Å². The molecule has 1 aromatic carbocycles. The van der Waals surface area contributed by atoms with Gasteiger partial charge in [0.1, 0.15) is 11.5 Å². The molecule has 19 heavy (non-hydrogen) atoms. The first-order valence-corrected chi connectivity index (χ1v) is 6.62. The van der Waals surface area contributed by atoms with E-state index in [4.69, 9.17) is 4.74 Å². The van der Waals surface area contributed by atoms with Crippen molar-refractivity contribution in [3.8, 4) is 11.5 Å². The van der Waals surface area contributed by atoms with Crippen LogP contribution in [0.4, 0.5) is 0 Å². The molecule has 0 amide bonds. The fourth-order valence-electron chi connectivity index (χ4n) is 1.76. The maximum atomic E-state index is 5.86. The lowest BCUT2D eigenvalue weighted by Gasteiger charge is -2.12. The highest BCUT2D eigenvalue weighted by atomic mass is 16.5. The van der Waals surface area contributed by atoms with Crippen molar-refractivity contribution in [1.29, 1.82) is 0 Å². The highest BCUT2D eigenvalue weighted by molar-refractivity contribution is 5.35. The van der Waals surface area contributed by atoms with Crippen molar-refractivity contribution in [2.24, 2.45) is 5.92 Å². The molecule has 1 N–H and O–H groups in total. The van der Waals surface area contributed by atoms with E-state index >= 15 is 0 Å². The van der Waals surface area contributed by atoms with E-state index < -0.39 is 0 Å². The van der Waals surface area contributed by atoms with Gasteiger partial charge in [-0.1, -0.05) is 32.0 Å². The quantitative estimate of drug-likeness (QED) is 0.857. The minimum atomic E-state index is 0.639.